The number of carbonyl (C=O) groups is 2. The molecule has 0 aliphatic carbocycles. The predicted octanol–water partition coefficient (Wildman–Crippen LogP) is 2.17. The highest BCUT2D eigenvalue weighted by Gasteiger charge is 2.37. The molecule has 0 aliphatic rings. The van der Waals surface area contributed by atoms with Crippen molar-refractivity contribution in [1.82, 2.24) is 10.2 Å². The number of halogens is 5. The summed E-state index contributed by atoms with van der Waals surface area (Å²) >= 11 is 0. The summed E-state index contributed by atoms with van der Waals surface area (Å²) in [6.07, 6.45) is 0. The van der Waals surface area contributed by atoms with Crippen molar-refractivity contribution in [3.05, 3.63) is 29.1 Å². The van der Waals surface area contributed by atoms with E-state index in [0.717, 1.165) is 28.1 Å². The molecule has 3 atom stereocenters. The molecule has 2 N–H and O–H groups in total. The van der Waals surface area contributed by atoms with Gasteiger partial charge in [0, 0.05) is 0 Å². The molecule has 14 heteroatoms. The molecule has 0 heterocycles. The van der Waals surface area contributed by atoms with Crippen molar-refractivity contribution in [2.24, 2.45) is 0 Å². The van der Waals surface area contributed by atoms with E-state index >= 15 is 0 Å². The zero-order valence-electron chi connectivity index (χ0n) is 14.9. The van der Waals surface area contributed by atoms with Gasteiger partial charge in [-0.1, -0.05) is 0 Å². The summed E-state index contributed by atoms with van der Waals surface area (Å²) in [5.41, 5.74) is 0. The minimum atomic E-state index is -4.83. The fourth-order valence-corrected chi connectivity index (χ4v) is 3.68. The van der Waals surface area contributed by atoms with Crippen LogP contribution in [0.1, 0.15) is 13.8 Å². The van der Waals surface area contributed by atoms with Crippen LogP contribution in [0.25, 0.3) is 0 Å². The van der Waals surface area contributed by atoms with Gasteiger partial charge in [-0.2, -0.15) is 8.78 Å². The highest BCUT2D eigenvalue weighted by atomic mass is 31.2. The van der Waals surface area contributed by atoms with Crippen LogP contribution in [0, 0.1) is 29.1 Å². The molecule has 1 rings (SSSR count). The summed E-state index contributed by atoms with van der Waals surface area (Å²) in [7, 11) is -2.89. The molecular weight excluding hydrogens is 418 g/mol. The van der Waals surface area contributed by atoms with Crippen LogP contribution in [0.3, 0.4) is 0 Å². The van der Waals surface area contributed by atoms with Crippen LogP contribution in [-0.4, -0.2) is 38.2 Å². The van der Waals surface area contributed by atoms with Gasteiger partial charge in [0.15, 0.2) is 0 Å². The molecule has 158 valence electrons. The van der Waals surface area contributed by atoms with E-state index in [4.69, 9.17) is 0 Å². The zero-order valence-corrected chi connectivity index (χ0v) is 15.8. The van der Waals surface area contributed by atoms with Crippen LogP contribution in [0.4, 0.5) is 22.0 Å². The molecule has 0 bridgehead atoms. The standard InChI is InChI=1S/C14H16F5N2O6P/c1-5(13(22)25-3)20-28(24,21-6(2)14(23)26-4)27-12-10(18)8(16)7(15)9(17)11(12)19/h5-6H,1-4H3,(H2,20,21,24)/t5-,6+,28?. The van der Waals surface area contributed by atoms with Gasteiger partial charge in [-0.05, 0) is 13.8 Å². The lowest BCUT2D eigenvalue weighted by Crippen LogP contribution is -2.43. The fourth-order valence-electron chi connectivity index (χ4n) is 1.85. The number of nitrogens with one attached hydrogen (secondary N) is 2. The zero-order chi connectivity index (χ0) is 21.8. The Morgan fingerprint density at radius 3 is 1.43 bits per heavy atom. The molecule has 0 fully saturated rings. The number of hydrogen-bond acceptors (Lipinski definition) is 6. The SMILES string of the molecule is COC(=O)[C@H](C)NP(=O)(N[C@H](C)C(=O)OC)Oc1c(F)c(F)c(F)c(F)c1F. The summed E-state index contributed by atoms with van der Waals surface area (Å²) < 4.78 is 93.7. The molecule has 1 unspecified atom stereocenters. The third-order valence-corrected chi connectivity index (χ3v) is 5.12. The van der Waals surface area contributed by atoms with Crippen molar-refractivity contribution in [1.29, 1.82) is 0 Å². The molecule has 0 radical (unpaired) electrons. The second-order valence-electron chi connectivity index (χ2n) is 5.29. The lowest BCUT2D eigenvalue weighted by Gasteiger charge is -2.26. The molecule has 1 aromatic rings. The first-order chi connectivity index (χ1) is 12.9. The van der Waals surface area contributed by atoms with Gasteiger partial charge in [-0.15, -0.1) is 0 Å². The monoisotopic (exact) mass is 434 g/mol. The van der Waals surface area contributed by atoms with Crippen molar-refractivity contribution in [3.63, 3.8) is 0 Å². The Bertz CT molecular complexity index is 767. The van der Waals surface area contributed by atoms with Gasteiger partial charge in [-0.25, -0.2) is 27.9 Å². The third kappa shape index (κ3) is 5.18. The van der Waals surface area contributed by atoms with Crippen LogP contribution in [0.5, 0.6) is 5.75 Å². The first-order valence-corrected chi connectivity index (χ1v) is 9.03. The summed E-state index contributed by atoms with van der Waals surface area (Å²) in [6.45, 7) is 2.20. The van der Waals surface area contributed by atoms with E-state index < -0.39 is 66.5 Å². The van der Waals surface area contributed by atoms with Gasteiger partial charge in [-0.3, -0.25) is 9.59 Å². The second-order valence-corrected chi connectivity index (χ2v) is 7.09. The number of benzene rings is 1. The molecule has 0 amide bonds. The van der Waals surface area contributed by atoms with E-state index in [9.17, 15) is 36.1 Å². The Kier molecular flexibility index (Phi) is 7.91. The summed E-state index contributed by atoms with van der Waals surface area (Å²) in [5.74, 6) is -15.8. The summed E-state index contributed by atoms with van der Waals surface area (Å²) in [5, 5.41) is 3.96. The van der Waals surface area contributed by atoms with Crippen LogP contribution in [-0.2, 0) is 23.6 Å². The minimum Gasteiger partial charge on any atom is -0.468 e. The number of hydrogen-bond donors (Lipinski definition) is 2. The van der Waals surface area contributed by atoms with Crippen LogP contribution in [0.15, 0.2) is 0 Å². The lowest BCUT2D eigenvalue weighted by molar-refractivity contribution is -0.142. The third-order valence-electron chi connectivity index (χ3n) is 3.23. The maximum absolute atomic E-state index is 13.9. The summed E-state index contributed by atoms with van der Waals surface area (Å²) in [4.78, 5) is 23.0. The lowest BCUT2D eigenvalue weighted by atomic mass is 10.3. The topological polar surface area (TPSA) is 103 Å². The van der Waals surface area contributed by atoms with Crippen molar-refractivity contribution in [2.75, 3.05) is 14.2 Å². The van der Waals surface area contributed by atoms with Crippen molar-refractivity contribution in [2.45, 2.75) is 25.9 Å². The van der Waals surface area contributed by atoms with Crippen molar-refractivity contribution >= 4 is 19.6 Å². The molecule has 1 aromatic carbocycles. The maximum Gasteiger partial charge on any atom is 0.392 e. The Balaban J connectivity index is 3.39. The van der Waals surface area contributed by atoms with Gasteiger partial charge < -0.3 is 14.0 Å². The van der Waals surface area contributed by atoms with E-state index in [0.29, 0.717) is 0 Å². The van der Waals surface area contributed by atoms with E-state index in [-0.39, 0.29) is 0 Å². The van der Waals surface area contributed by atoms with Gasteiger partial charge in [0.1, 0.15) is 12.1 Å². The maximum atomic E-state index is 13.9. The Hall–Kier alpha value is -2.24. The second kappa shape index (κ2) is 9.30. The Labute approximate surface area is 155 Å². The number of rotatable bonds is 8. The number of carbonyl (C=O) groups excluding carboxylic acids is 2. The van der Waals surface area contributed by atoms with Gasteiger partial charge in [0.25, 0.3) is 0 Å². The van der Waals surface area contributed by atoms with Gasteiger partial charge >= 0.3 is 19.6 Å². The fraction of sp³-hybridized carbons (Fsp3) is 0.429. The molecule has 8 nitrogen and oxygen atoms in total. The molecular formula is C14H16F5N2O6P. The molecule has 28 heavy (non-hydrogen) atoms. The van der Waals surface area contributed by atoms with Crippen molar-refractivity contribution in [3.8, 4) is 5.75 Å². The molecule has 0 spiro atoms. The van der Waals surface area contributed by atoms with E-state index in [1.807, 2.05) is 10.2 Å². The predicted molar refractivity (Wildman–Crippen MR) is 83.7 cm³/mol. The van der Waals surface area contributed by atoms with Crippen LogP contribution in [0.2, 0.25) is 0 Å². The van der Waals surface area contributed by atoms with Crippen LogP contribution < -0.4 is 14.7 Å². The van der Waals surface area contributed by atoms with Crippen molar-refractivity contribution < 1.29 is 50.1 Å². The van der Waals surface area contributed by atoms with E-state index in [1.54, 1.807) is 0 Å². The average molecular weight is 434 g/mol. The normalized spacial score (nSPS) is 15.3. The van der Waals surface area contributed by atoms with Crippen LogP contribution >= 0.6 is 7.67 Å². The number of esters is 2. The Morgan fingerprint density at radius 1 is 0.786 bits per heavy atom. The molecule has 0 saturated carbocycles. The quantitative estimate of drug-likeness (QED) is 0.211. The molecule has 0 aliphatic heterocycles. The highest BCUT2D eigenvalue weighted by molar-refractivity contribution is 7.55. The number of methoxy groups -OCH3 is 2. The highest BCUT2D eigenvalue weighted by Crippen LogP contribution is 2.43. The summed E-state index contributed by atoms with van der Waals surface area (Å²) in [6, 6.07) is -2.87. The molecule has 0 aromatic heterocycles. The van der Waals surface area contributed by atoms with E-state index in [1.165, 1.54) is 0 Å². The number of ether oxygens (including phenoxy) is 2. The van der Waals surface area contributed by atoms with E-state index in [2.05, 4.69) is 14.0 Å². The minimum absolute atomic E-state index is 0.973. The first kappa shape index (κ1) is 23.8. The van der Waals surface area contributed by atoms with Gasteiger partial charge in [0.2, 0.25) is 34.8 Å². The Morgan fingerprint density at radius 2 is 1.11 bits per heavy atom. The molecule has 0 saturated heterocycles. The smallest absolute Gasteiger partial charge is 0.392 e. The largest absolute Gasteiger partial charge is 0.468 e. The average Bonchev–Trinajstić information content (AvgIpc) is 2.66. The first-order valence-electron chi connectivity index (χ1n) is 7.40. The van der Waals surface area contributed by atoms with Gasteiger partial charge in [0.05, 0.1) is 14.2 Å².